The van der Waals surface area contributed by atoms with Crippen LogP contribution in [0.1, 0.15) is 31.2 Å². The van der Waals surface area contributed by atoms with Gasteiger partial charge in [0.25, 0.3) is 0 Å². The highest BCUT2D eigenvalue weighted by Gasteiger charge is 2.36. The maximum atomic E-state index is 12.3. The summed E-state index contributed by atoms with van der Waals surface area (Å²) in [5.74, 6) is 0.232. The van der Waals surface area contributed by atoms with Crippen molar-refractivity contribution in [3.8, 4) is 5.75 Å². The van der Waals surface area contributed by atoms with Crippen LogP contribution in [0.4, 0.5) is 0 Å². The van der Waals surface area contributed by atoms with E-state index in [1.807, 2.05) is 24.3 Å². The van der Waals surface area contributed by atoms with Crippen LogP contribution >= 0.6 is 0 Å². The first-order valence-electron chi connectivity index (χ1n) is 7.83. The molecule has 1 aliphatic heterocycles. The van der Waals surface area contributed by atoms with Gasteiger partial charge in [-0.05, 0) is 37.0 Å². The lowest BCUT2D eigenvalue weighted by atomic mass is 9.89. The molecule has 1 heterocycles. The molecule has 1 saturated heterocycles. The van der Waals surface area contributed by atoms with Crippen LogP contribution in [0, 0.1) is 0 Å². The van der Waals surface area contributed by atoms with Crippen molar-refractivity contribution in [1.82, 2.24) is 4.90 Å². The highest BCUT2D eigenvalue weighted by Crippen LogP contribution is 2.25. The maximum absolute atomic E-state index is 12.3. The quantitative estimate of drug-likeness (QED) is 0.813. The van der Waals surface area contributed by atoms with Crippen LogP contribution in [0.15, 0.2) is 24.3 Å². The summed E-state index contributed by atoms with van der Waals surface area (Å²) in [5.41, 5.74) is 5.05. The average molecular weight is 320 g/mol. The first-order valence-corrected chi connectivity index (χ1v) is 7.83. The summed E-state index contributed by atoms with van der Waals surface area (Å²) in [6.45, 7) is 0.792. The van der Waals surface area contributed by atoms with Crippen LogP contribution in [-0.4, -0.2) is 47.6 Å². The van der Waals surface area contributed by atoms with Gasteiger partial charge >= 0.3 is 0 Å². The van der Waals surface area contributed by atoms with Gasteiger partial charge in [0.2, 0.25) is 11.8 Å². The van der Waals surface area contributed by atoms with E-state index in [1.165, 1.54) is 0 Å². The number of nitrogens with two attached hydrogens (primary N) is 1. The summed E-state index contributed by atoms with van der Waals surface area (Å²) in [4.78, 5) is 25.0. The summed E-state index contributed by atoms with van der Waals surface area (Å²) in [7, 11) is 1.61. The molecule has 1 aromatic rings. The average Bonchev–Trinajstić information content (AvgIpc) is 2.52. The van der Waals surface area contributed by atoms with Gasteiger partial charge in [-0.2, -0.15) is 0 Å². The van der Waals surface area contributed by atoms with Crippen LogP contribution in [0.3, 0.4) is 0 Å². The second-order valence-electron chi connectivity index (χ2n) is 6.13. The minimum Gasteiger partial charge on any atom is -0.497 e. The number of methoxy groups -OCH3 is 1. The smallest absolute Gasteiger partial charge is 0.222 e. The molecule has 2 rings (SSSR count). The van der Waals surface area contributed by atoms with Crippen molar-refractivity contribution in [3.05, 3.63) is 29.8 Å². The summed E-state index contributed by atoms with van der Waals surface area (Å²) < 4.78 is 5.10. The second kappa shape index (κ2) is 7.46. The Hall–Kier alpha value is -2.08. The van der Waals surface area contributed by atoms with E-state index in [4.69, 9.17) is 10.5 Å². The molecule has 1 aromatic carbocycles. The molecule has 6 heteroatoms. The number of carbonyl (C=O) groups excluding carboxylic acids is 2. The zero-order valence-corrected chi connectivity index (χ0v) is 13.5. The molecule has 0 spiro atoms. The number of rotatable bonds is 6. The second-order valence-corrected chi connectivity index (χ2v) is 6.13. The van der Waals surface area contributed by atoms with Gasteiger partial charge in [0, 0.05) is 19.5 Å². The molecule has 1 atom stereocenters. The van der Waals surface area contributed by atoms with Crippen molar-refractivity contribution in [2.24, 2.45) is 5.73 Å². The van der Waals surface area contributed by atoms with E-state index in [0.717, 1.165) is 11.3 Å². The van der Waals surface area contributed by atoms with E-state index >= 15 is 0 Å². The van der Waals surface area contributed by atoms with Gasteiger partial charge < -0.3 is 20.5 Å². The molecule has 6 nitrogen and oxygen atoms in total. The highest BCUT2D eigenvalue weighted by molar-refractivity contribution is 5.77. The largest absolute Gasteiger partial charge is 0.497 e. The molecule has 0 aromatic heterocycles. The van der Waals surface area contributed by atoms with Gasteiger partial charge in [-0.3, -0.25) is 9.59 Å². The third-order valence-corrected chi connectivity index (χ3v) is 4.20. The summed E-state index contributed by atoms with van der Waals surface area (Å²) >= 11 is 0. The summed E-state index contributed by atoms with van der Waals surface area (Å²) in [6.07, 6.45) is 2.08. The summed E-state index contributed by atoms with van der Waals surface area (Å²) in [5, 5.41) is 10.4. The standard InChI is InChI=1S/C17H24N2O4/c1-23-14-6-3-13(4-7-14)5-8-16(21)19-10-2-9-17(22,12-19)11-15(18)20/h3-4,6-7,22H,2,5,8-12H2,1H3,(H2,18,20). The molecular weight excluding hydrogens is 296 g/mol. The fourth-order valence-electron chi connectivity index (χ4n) is 3.00. The number of hydrogen-bond acceptors (Lipinski definition) is 4. The molecule has 3 N–H and O–H groups in total. The Labute approximate surface area is 136 Å². The van der Waals surface area contributed by atoms with E-state index in [1.54, 1.807) is 12.0 Å². The van der Waals surface area contributed by atoms with Crippen LogP contribution in [0.25, 0.3) is 0 Å². The number of aliphatic hydroxyl groups is 1. The summed E-state index contributed by atoms with van der Waals surface area (Å²) in [6, 6.07) is 7.61. The number of primary amides is 1. The number of ether oxygens (including phenoxy) is 1. The minimum absolute atomic E-state index is 0.0107. The van der Waals surface area contributed by atoms with E-state index in [-0.39, 0.29) is 18.9 Å². The topological polar surface area (TPSA) is 92.9 Å². The third-order valence-electron chi connectivity index (χ3n) is 4.20. The lowest BCUT2D eigenvalue weighted by molar-refractivity contribution is -0.141. The molecule has 126 valence electrons. The zero-order chi connectivity index (χ0) is 16.9. The monoisotopic (exact) mass is 320 g/mol. The number of piperidine rings is 1. The van der Waals surface area contributed by atoms with Gasteiger partial charge in [0.05, 0.1) is 19.1 Å². The van der Waals surface area contributed by atoms with Crippen molar-refractivity contribution >= 4 is 11.8 Å². The minimum atomic E-state index is -1.18. The Morgan fingerprint density at radius 1 is 1.35 bits per heavy atom. The third kappa shape index (κ3) is 4.96. The Morgan fingerprint density at radius 2 is 2.04 bits per heavy atom. The molecule has 2 amide bonds. The number of amides is 2. The van der Waals surface area contributed by atoms with Gasteiger partial charge in [-0.15, -0.1) is 0 Å². The Kier molecular flexibility index (Phi) is 5.60. The van der Waals surface area contributed by atoms with Gasteiger partial charge in [0.1, 0.15) is 5.75 Å². The SMILES string of the molecule is COc1ccc(CCC(=O)N2CCCC(O)(CC(N)=O)C2)cc1. The van der Waals surface area contributed by atoms with Crippen LogP contribution < -0.4 is 10.5 Å². The first kappa shape index (κ1) is 17.3. The molecule has 1 aliphatic rings. The number of likely N-dealkylation sites (tertiary alicyclic amines) is 1. The van der Waals surface area contributed by atoms with Crippen molar-refractivity contribution in [2.75, 3.05) is 20.2 Å². The predicted octanol–water partition coefficient (Wildman–Crippen LogP) is 0.857. The lowest BCUT2D eigenvalue weighted by Crippen LogP contribution is -2.51. The molecule has 1 unspecified atom stereocenters. The predicted molar refractivity (Wildman–Crippen MR) is 85.9 cm³/mol. The number of benzene rings is 1. The Morgan fingerprint density at radius 3 is 2.65 bits per heavy atom. The molecule has 0 aliphatic carbocycles. The highest BCUT2D eigenvalue weighted by atomic mass is 16.5. The molecule has 23 heavy (non-hydrogen) atoms. The van der Waals surface area contributed by atoms with E-state index in [9.17, 15) is 14.7 Å². The molecular formula is C17H24N2O4. The molecule has 1 fully saturated rings. The van der Waals surface area contributed by atoms with Crippen LogP contribution in [0.5, 0.6) is 5.75 Å². The molecule has 0 radical (unpaired) electrons. The first-order chi connectivity index (χ1) is 10.9. The maximum Gasteiger partial charge on any atom is 0.222 e. The fourth-order valence-corrected chi connectivity index (χ4v) is 3.00. The van der Waals surface area contributed by atoms with Gasteiger partial charge in [-0.25, -0.2) is 0 Å². The van der Waals surface area contributed by atoms with Crippen molar-refractivity contribution < 1.29 is 19.4 Å². The lowest BCUT2D eigenvalue weighted by Gasteiger charge is -2.38. The van der Waals surface area contributed by atoms with E-state index in [2.05, 4.69) is 0 Å². The van der Waals surface area contributed by atoms with Gasteiger partial charge in [0.15, 0.2) is 0 Å². The van der Waals surface area contributed by atoms with Gasteiger partial charge in [-0.1, -0.05) is 12.1 Å². The Balaban J connectivity index is 1.88. The number of hydrogen-bond donors (Lipinski definition) is 2. The van der Waals surface area contributed by atoms with Crippen LogP contribution in [-0.2, 0) is 16.0 Å². The van der Waals surface area contributed by atoms with Crippen LogP contribution in [0.2, 0.25) is 0 Å². The molecule has 0 bridgehead atoms. The fraction of sp³-hybridized carbons (Fsp3) is 0.529. The number of β-amino-alcohol motifs (C(OH)–C–C–N with tert-alkyl or cyclic N) is 1. The normalized spacial score (nSPS) is 21.0. The van der Waals surface area contributed by atoms with E-state index < -0.39 is 11.5 Å². The zero-order valence-electron chi connectivity index (χ0n) is 13.5. The van der Waals surface area contributed by atoms with Crippen molar-refractivity contribution in [2.45, 2.75) is 37.7 Å². The Bertz CT molecular complexity index is 558. The van der Waals surface area contributed by atoms with E-state index in [0.29, 0.717) is 32.2 Å². The van der Waals surface area contributed by atoms with Crippen molar-refractivity contribution in [1.29, 1.82) is 0 Å². The number of carbonyl (C=O) groups is 2. The molecule has 0 saturated carbocycles. The van der Waals surface area contributed by atoms with Crippen molar-refractivity contribution in [3.63, 3.8) is 0 Å². The number of nitrogens with zero attached hydrogens (tertiary/aromatic N) is 1. The number of aryl methyl sites for hydroxylation is 1.